The molecule has 1 fully saturated rings. The summed E-state index contributed by atoms with van der Waals surface area (Å²) in [6.07, 6.45) is 1.26. The van der Waals surface area contributed by atoms with Crippen LogP contribution in [0.2, 0.25) is 5.02 Å². The Hall–Kier alpha value is -2.67. The van der Waals surface area contributed by atoms with E-state index < -0.39 is 23.5 Å². The van der Waals surface area contributed by atoms with Crippen LogP contribution in [-0.4, -0.2) is 36.9 Å². The van der Waals surface area contributed by atoms with Gasteiger partial charge in [-0.15, -0.1) is 0 Å². The van der Waals surface area contributed by atoms with Crippen molar-refractivity contribution in [3.63, 3.8) is 0 Å². The predicted molar refractivity (Wildman–Crippen MR) is 102 cm³/mol. The third-order valence-corrected chi connectivity index (χ3v) is 4.96. The summed E-state index contributed by atoms with van der Waals surface area (Å²) in [5.74, 6) is -2.66. The van der Waals surface area contributed by atoms with Gasteiger partial charge in [0.15, 0.2) is 11.6 Å². The quantitative estimate of drug-likeness (QED) is 0.828. The number of carbonyl (C=O) groups excluding carboxylic acids is 2. The highest BCUT2D eigenvalue weighted by Crippen LogP contribution is 2.28. The smallest absolute Gasteiger partial charge is 0.253 e. The van der Waals surface area contributed by atoms with Gasteiger partial charge >= 0.3 is 0 Å². The van der Waals surface area contributed by atoms with Crippen molar-refractivity contribution in [2.75, 3.05) is 25.5 Å². The highest BCUT2D eigenvalue weighted by molar-refractivity contribution is 6.32. The van der Waals surface area contributed by atoms with Crippen LogP contribution < -0.4 is 10.1 Å². The first kappa shape index (κ1) is 20.1. The van der Waals surface area contributed by atoms with E-state index in [0.717, 1.165) is 12.1 Å². The Bertz CT molecular complexity index is 907. The molecular formula is C20H19ClF2N2O3. The van der Waals surface area contributed by atoms with Gasteiger partial charge in [-0.05, 0) is 49.2 Å². The molecular weight excluding hydrogens is 390 g/mol. The largest absolute Gasteiger partial charge is 0.495 e. The Morgan fingerprint density at radius 2 is 1.96 bits per heavy atom. The molecule has 1 N–H and O–H groups in total. The second kappa shape index (κ2) is 8.56. The Morgan fingerprint density at radius 1 is 1.18 bits per heavy atom. The van der Waals surface area contributed by atoms with Crippen LogP contribution >= 0.6 is 11.6 Å². The van der Waals surface area contributed by atoms with E-state index in [9.17, 15) is 18.4 Å². The Balaban J connectivity index is 1.66. The molecule has 0 aliphatic carbocycles. The van der Waals surface area contributed by atoms with Crippen molar-refractivity contribution >= 4 is 29.1 Å². The highest BCUT2D eigenvalue weighted by Gasteiger charge is 2.29. The number of likely N-dealkylation sites (tertiary alicyclic amines) is 1. The van der Waals surface area contributed by atoms with Gasteiger partial charge in [0.05, 0.1) is 18.1 Å². The van der Waals surface area contributed by atoms with E-state index >= 15 is 0 Å². The van der Waals surface area contributed by atoms with Crippen LogP contribution in [-0.2, 0) is 4.79 Å². The topological polar surface area (TPSA) is 58.6 Å². The molecule has 5 nitrogen and oxygen atoms in total. The van der Waals surface area contributed by atoms with E-state index in [1.54, 1.807) is 18.2 Å². The average Bonchev–Trinajstić information content (AvgIpc) is 2.69. The minimum absolute atomic E-state index is 0.0573. The normalized spacial score (nSPS) is 16.6. The molecule has 8 heteroatoms. The standard InChI is InChI=1S/C20H19ClF2N2O3/c1-28-18-7-5-14(10-15(18)21)24-19(26)13-3-2-8-25(11-13)20(27)12-4-6-16(22)17(23)9-12/h4-7,9-10,13H,2-3,8,11H2,1H3,(H,24,26)/t13-/m1/s1. The number of halogens is 3. The number of amides is 2. The second-order valence-corrected chi connectivity index (χ2v) is 6.96. The maximum absolute atomic E-state index is 13.4. The number of hydrogen-bond acceptors (Lipinski definition) is 3. The first-order valence-corrected chi connectivity index (χ1v) is 9.15. The number of nitrogens with one attached hydrogen (secondary N) is 1. The van der Waals surface area contributed by atoms with Gasteiger partial charge in [0.25, 0.3) is 5.91 Å². The summed E-state index contributed by atoms with van der Waals surface area (Å²) in [4.78, 5) is 26.7. The SMILES string of the molecule is COc1ccc(NC(=O)[C@@H]2CCCN(C(=O)c3ccc(F)c(F)c3)C2)cc1Cl. The summed E-state index contributed by atoms with van der Waals surface area (Å²) in [6.45, 7) is 0.656. The number of benzene rings is 2. The fourth-order valence-corrected chi connectivity index (χ4v) is 3.43. The summed E-state index contributed by atoms with van der Waals surface area (Å²) in [5.41, 5.74) is 0.585. The van der Waals surface area contributed by atoms with Crippen molar-refractivity contribution in [3.05, 3.63) is 58.6 Å². The molecule has 3 rings (SSSR count). The lowest BCUT2D eigenvalue weighted by atomic mass is 9.96. The molecule has 2 amide bonds. The lowest BCUT2D eigenvalue weighted by Crippen LogP contribution is -2.43. The van der Waals surface area contributed by atoms with Crippen molar-refractivity contribution in [1.82, 2.24) is 4.90 Å². The monoisotopic (exact) mass is 408 g/mol. The minimum Gasteiger partial charge on any atom is -0.495 e. The lowest BCUT2D eigenvalue weighted by molar-refractivity contribution is -0.121. The molecule has 0 radical (unpaired) electrons. The van der Waals surface area contributed by atoms with Crippen LogP contribution in [0, 0.1) is 17.6 Å². The number of ether oxygens (including phenoxy) is 1. The summed E-state index contributed by atoms with van der Waals surface area (Å²) < 4.78 is 31.6. The van der Waals surface area contributed by atoms with Crippen molar-refractivity contribution in [2.45, 2.75) is 12.8 Å². The highest BCUT2D eigenvalue weighted by atomic mass is 35.5. The third-order valence-electron chi connectivity index (χ3n) is 4.67. The zero-order valence-electron chi connectivity index (χ0n) is 15.2. The summed E-state index contributed by atoms with van der Waals surface area (Å²) >= 11 is 6.07. The number of rotatable bonds is 4. The molecule has 1 aliphatic heterocycles. The van der Waals surface area contributed by atoms with Crippen LogP contribution in [0.4, 0.5) is 14.5 Å². The van der Waals surface area contributed by atoms with Crippen molar-refractivity contribution < 1.29 is 23.1 Å². The number of piperidine rings is 1. The van der Waals surface area contributed by atoms with Gasteiger partial charge in [-0.25, -0.2) is 8.78 Å². The van der Waals surface area contributed by atoms with E-state index in [-0.39, 0.29) is 18.0 Å². The van der Waals surface area contributed by atoms with Crippen LogP contribution in [0.15, 0.2) is 36.4 Å². The van der Waals surface area contributed by atoms with Gasteiger partial charge in [0.2, 0.25) is 5.91 Å². The lowest BCUT2D eigenvalue weighted by Gasteiger charge is -2.32. The molecule has 2 aromatic rings. The predicted octanol–water partition coefficient (Wildman–Crippen LogP) is 4.12. The summed E-state index contributed by atoms with van der Waals surface area (Å²) in [7, 11) is 1.50. The Morgan fingerprint density at radius 3 is 2.64 bits per heavy atom. The number of carbonyl (C=O) groups is 2. The molecule has 1 aliphatic rings. The molecule has 1 heterocycles. The molecule has 0 unspecified atom stereocenters. The summed E-state index contributed by atoms with van der Waals surface area (Å²) in [5, 5.41) is 3.17. The van der Waals surface area contributed by atoms with Gasteiger partial charge in [-0.2, -0.15) is 0 Å². The van der Waals surface area contributed by atoms with Crippen LogP contribution in [0.3, 0.4) is 0 Å². The maximum atomic E-state index is 13.4. The Labute approximate surface area is 166 Å². The molecule has 0 spiro atoms. The molecule has 0 aromatic heterocycles. The zero-order chi connectivity index (χ0) is 20.3. The van der Waals surface area contributed by atoms with Gasteiger partial charge < -0.3 is 15.0 Å². The molecule has 1 saturated heterocycles. The van der Waals surface area contributed by atoms with E-state index in [2.05, 4.69) is 5.32 Å². The van der Waals surface area contributed by atoms with Crippen LogP contribution in [0.5, 0.6) is 5.75 Å². The molecule has 2 aromatic carbocycles. The molecule has 148 valence electrons. The van der Waals surface area contributed by atoms with Gasteiger partial charge in [0, 0.05) is 24.3 Å². The first-order chi connectivity index (χ1) is 13.4. The van der Waals surface area contributed by atoms with Crippen LogP contribution in [0.25, 0.3) is 0 Å². The van der Waals surface area contributed by atoms with E-state index in [1.165, 1.54) is 18.1 Å². The fraction of sp³-hybridized carbons (Fsp3) is 0.300. The van der Waals surface area contributed by atoms with Gasteiger partial charge in [0.1, 0.15) is 5.75 Å². The van der Waals surface area contributed by atoms with Crippen molar-refractivity contribution in [1.29, 1.82) is 0 Å². The van der Waals surface area contributed by atoms with Gasteiger partial charge in [-0.3, -0.25) is 9.59 Å². The number of nitrogens with zero attached hydrogens (tertiary/aromatic N) is 1. The van der Waals surface area contributed by atoms with Crippen molar-refractivity contribution in [3.8, 4) is 5.75 Å². The van der Waals surface area contributed by atoms with E-state index in [4.69, 9.17) is 16.3 Å². The zero-order valence-corrected chi connectivity index (χ0v) is 15.9. The summed E-state index contributed by atoms with van der Waals surface area (Å²) in [6, 6.07) is 7.95. The van der Waals surface area contributed by atoms with Crippen molar-refractivity contribution in [2.24, 2.45) is 5.92 Å². The molecule has 1 atom stereocenters. The minimum atomic E-state index is -1.08. The molecule has 0 bridgehead atoms. The van der Waals surface area contributed by atoms with E-state index in [0.29, 0.717) is 35.8 Å². The number of anilines is 1. The van der Waals surface area contributed by atoms with Crippen LogP contribution in [0.1, 0.15) is 23.2 Å². The second-order valence-electron chi connectivity index (χ2n) is 6.56. The first-order valence-electron chi connectivity index (χ1n) is 8.77. The average molecular weight is 409 g/mol. The van der Waals surface area contributed by atoms with Gasteiger partial charge in [-0.1, -0.05) is 11.6 Å². The third kappa shape index (κ3) is 4.42. The number of hydrogen-bond donors (Lipinski definition) is 1. The fourth-order valence-electron chi connectivity index (χ4n) is 3.18. The Kier molecular flexibility index (Phi) is 6.14. The molecule has 28 heavy (non-hydrogen) atoms. The maximum Gasteiger partial charge on any atom is 0.253 e. The molecule has 0 saturated carbocycles. The van der Waals surface area contributed by atoms with E-state index in [1.807, 2.05) is 0 Å². The number of methoxy groups -OCH3 is 1.